The lowest BCUT2D eigenvalue weighted by Crippen LogP contribution is -2.48. The number of halogens is 2. The molecule has 0 saturated carbocycles. The summed E-state index contributed by atoms with van der Waals surface area (Å²) >= 11 is 0.537. The van der Waals surface area contributed by atoms with Gasteiger partial charge >= 0.3 is 0 Å². The fraction of sp³-hybridized carbons (Fsp3) is 0.368. The lowest BCUT2D eigenvalue weighted by Gasteiger charge is -2.34. The molecule has 1 fully saturated rings. The average molecular weight is 413 g/mol. The summed E-state index contributed by atoms with van der Waals surface area (Å²) in [5.41, 5.74) is 1.83. The number of nitrogens with zero attached hydrogens (tertiary/aromatic N) is 2. The fourth-order valence-electron chi connectivity index (χ4n) is 3.08. The van der Waals surface area contributed by atoms with Gasteiger partial charge in [-0.05, 0) is 23.3 Å². The van der Waals surface area contributed by atoms with Gasteiger partial charge in [0.15, 0.2) is 0 Å². The third-order valence-corrected chi connectivity index (χ3v) is 7.04. The summed E-state index contributed by atoms with van der Waals surface area (Å²) in [7, 11) is -3.32. The molecule has 8 heteroatoms. The van der Waals surface area contributed by atoms with Crippen LogP contribution < -0.4 is 0 Å². The minimum absolute atomic E-state index is 0.0249. The lowest BCUT2D eigenvalue weighted by atomic mass is 10.2. The Morgan fingerprint density at radius 3 is 2.11 bits per heavy atom. The van der Waals surface area contributed by atoms with Crippen LogP contribution in [0.15, 0.2) is 59.5 Å². The van der Waals surface area contributed by atoms with Crippen LogP contribution in [0.2, 0.25) is 0 Å². The molecule has 0 atom stereocenters. The van der Waals surface area contributed by atoms with Gasteiger partial charge in [-0.3, -0.25) is 4.90 Å². The molecule has 1 saturated heterocycles. The van der Waals surface area contributed by atoms with Gasteiger partial charge in [0.25, 0.3) is 5.76 Å². The first-order chi connectivity index (χ1) is 12.9. The molecule has 4 nitrogen and oxygen atoms in total. The van der Waals surface area contributed by atoms with Crippen LogP contribution in [0, 0.1) is 0 Å². The van der Waals surface area contributed by atoms with Crippen molar-refractivity contribution < 1.29 is 17.2 Å². The number of hydrogen-bond acceptors (Lipinski definition) is 4. The molecule has 0 unspecified atom stereocenters. The second kappa shape index (κ2) is 9.14. The maximum atomic E-state index is 12.6. The van der Waals surface area contributed by atoms with Gasteiger partial charge in [-0.1, -0.05) is 54.2 Å². The Kier molecular flexibility index (Phi) is 6.86. The molecule has 0 bridgehead atoms. The van der Waals surface area contributed by atoms with Crippen molar-refractivity contribution in [1.29, 1.82) is 0 Å². The predicted molar refractivity (Wildman–Crippen MR) is 104 cm³/mol. The Hall–Kier alpha value is -1.48. The topological polar surface area (TPSA) is 40.6 Å². The van der Waals surface area contributed by atoms with Gasteiger partial charge in [0, 0.05) is 37.6 Å². The van der Waals surface area contributed by atoms with Crippen LogP contribution in [0.5, 0.6) is 0 Å². The van der Waals surface area contributed by atoms with Crippen LogP contribution in [0.25, 0.3) is 0 Å². The van der Waals surface area contributed by atoms with E-state index in [2.05, 4.69) is 4.90 Å². The maximum Gasteiger partial charge on any atom is 0.288 e. The number of thioether (sulfide) groups is 1. The lowest BCUT2D eigenvalue weighted by molar-refractivity contribution is 0.181. The van der Waals surface area contributed by atoms with E-state index in [1.165, 1.54) is 0 Å². The molecule has 0 spiro atoms. The van der Waals surface area contributed by atoms with E-state index >= 15 is 0 Å². The summed E-state index contributed by atoms with van der Waals surface area (Å²) in [4.78, 5) is 2.73. The number of benzene rings is 2. The molecule has 27 heavy (non-hydrogen) atoms. The molecule has 0 aliphatic carbocycles. The van der Waals surface area contributed by atoms with Crippen molar-refractivity contribution in [2.45, 2.75) is 23.0 Å². The Balaban J connectivity index is 1.51. The van der Waals surface area contributed by atoms with Crippen molar-refractivity contribution in [3.05, 3.63) is 65.7 Å². The molecular weight excluding hydrogens is 390 g/mol. The van der Waals surface area contributed by atoms with Crippen molar-refractivity contribution in [3.8, 4) is 0 Å². The first-order valence-corrected chi connectivity index (χ1v) is 11.2. The van der Waals surface area contributed by atoms with Crippen LogP contribution in [0.3, 0.4) is 0 Å². The van der Waals surface area contributed by atoms with Crippen LogP contribution in [0.1, 0.15) is 11.1 Å². The predicted octanol–water partition coefficient (Wildman–Crippen LogP) is 3.65. The van der Waals surface area contributed by atoms with Crippen LogP contribution >= 0.6 is 11.8 Å². The minimum atomic E-state index is -3.32. The number of sulfonamides is 1. The smallest absolute Gasteiger partial charge is 0.288 e. The number of hydrogen-bond donors (Lipinski definition) is 0. The Bertz CT molecular complexity index is 823. The highest BCUT2D eigenvalue weighted by atomic mass is 32.2. The molecule has 0 radical (unpaired) electrons. The molecule has 3 rings (SSSR count). The first kappa shape index (κ1) is 20.3. The third kappa shape index (κ3) is 6.00. The van der Waals surface area contributed by atoms with Gasteiger partial charge in [0.05, 0.1) is 5.75 Å². The number of alkyl halides is 2. The highest BCUT2D eigenvalue weighted by Gasteiger charge is 2.27. The highest BCUT2D eigenvalue weighted by molar-refractivity contribution is 7.99. The molecule has 0 amide bonds. The monoisotopic (exact) mass is 412 g/mol. The van der Waals surface area contributed by atoms with Crippen molar-refractivity contribution in [2.75, 3.05) is 26.2 Å². The molecule has 0 aromatic heterocycles. The quantitative estimate of drug-likeness (QED) is 0.651. The zero-order valence-corrected chi connectivity index (χ0v) is 16.4. The normalized spacial score (nSPS) is 16.7. The fourth-order valence-corrected chi connectivity index (χ4v) is 5.09. The van der Waals surface area contributed by atoms with Gasteiger partial charge in [-0.25, -0.2) is 8.42 Å². The van der Waals surface area contributed by atoms with Gasteiger partial charge < -0.3 is 0 Å². The van der Waals surface area contributed by atoms with Crippen LogP contribution in [-0.4, -0.2) is 49.6 Å². The van der Waals surface area contributed by atoms with Crippen LogP contribution in [-0.2, 0) is 22.3 Å². The van der Waals surface area contributed by atoms with E-state index in [9.17, 15) is 17.2 Å². The van der Waals surface area contributed by atoms with E-state index in [1.54, 1.807) is 16.4 Å². The molecular formula is C19H22F2N2O2S2. The standard InChI is InChI=1S/C19H22F2N2O2S2/c20-19(21)26-18-8-6-16(7-9-18)14-22-10-12-23(13-11-22)27(24,25)15-17-4-2-1-3-5-17/h1-9,19H,10-15H2. The second-order valence-electron chi connectivity index (χ2n) is 6.44. The summed E-state index contributed by atoms with van der Waals surface area (Å²) in [6.45, 7) is 2.93. The molecule has 0 N–H and O–H groups in total. The zero-order chi connectivity index (χ0) is 19.3. The van der Waals surface area contributed by atoms with E-state index in [0.717, 1.165) is 11.1 Å². The summed E-state index contributed by atoms with van der Waals surface area (Å²) in [6.07, 6.45) is 0. The molecule has 2 aromatic carbocycles. The summed E-state index contributed by atoms with van der Waals surface area (Å²) in [5.74, 6) is -2.39. The zero-order valence-electron chi connectivity index (χ0n) is 14.8. The van der Waals surface area contributed by atoms with Gasteiger partial charge in [-0.2, -0.15) is 13.1 Å². The molecule has 2 aromatic rings. The molecule has 1 aliphatic rings. The molecule has 1 heterocycles. The van der Waals surface area contributed by atoms with E-state index in [-0.39, 0.29) is 5.75 Å². The summed E-state index contributed by atoms with van der Waals surface area (Å²) in [6, 6.07) is 16.3. The average Bonchev–Trinajstić information content (AvgIpc) is 2.64. The third-order valence-electron chi connectivity index (χ3n) is 4.47. The highest BCUT2D eigenvalue weighted by Crippen LogP contribution is 2.25. The SMILES string of the molecule is O=S(=O)(Cc1ccccc1)N1CCN(Cc2ccc(SC(F)F)cc2)CC1. The first-order valence-electron chi connectivity index (χ1n) is 8.70. The largest absolute Gasteiger partial charge is 0.296 e. The van der Waals surface area contributed by atoms with E-state index in [0.29, 0.717) is 49.4 Å². The van der Waals surface area contributed by atoms with Crippen molar-refractivity contribution in [3.63, 3.8) is 0 Å². The van der Waals surface area contributed by atoms with E-state index in [1.807, 2.05) is 42.5 Å². The summed E-state index contributed by atoms with van der Waals surface area (Å²) in [5, 5.41) is 0. The van der Waals surface area contributed by atoms with E-state index in [4.69, 9.17) is 0 Å². The van der Waals surface area contributed by atoms with Crippen LogP contribution in [0.4, 0.5) is 8.78 Å². The Morgan fingerprint density at radius 2 is 1.52 bits per heavy atom. The Labute approximate surface area is 163 Å². The molecule has 1 aliphatic heterocycles. The van der Waals surface area contributed by atoms with Crippen molar-refractivity contribution in [2.24, 2.45) is 0 Å². The van der Waals surface area contributed by atoms with Gasteiger partial charge in [-0.15, -0.1) is 0 Å². The van der Waals surface area contributed by atoms with Crippen molar-refractivity contribution in [1.82, 2.24) is 9.21 Å². The second-order valence-corrected chi connectivity index (χ2v) is 9.47. The Morgan fingerprint density at radius 1 is 0.889 bits per heavy atom. The van der Waals surface area contributed by atoms with E-state index < -0.39 is 15.8 Å². The van der Waals surface area contributed by atoms with Gasteiger partial charge in [0.2, 0.25) is 10.0 Å². The number of piperazine rings is 1. The van der Waals surface area contributed by atoms with Gasteiger partial charge in [0.1, 0.15) is 0 Å². The maximum absolute atomic E-state index is 12.6. The number of rotatable bonds is 7. The van der Waals surface area contributed by atoms with Crippen molar-refractivity contribution >= 4 is 21.8 Å². The summed E-state index contributed by atoms with van der Waals surface area (Å²) < 4.78 is 51.5. The molecule has 146 valence electrons. The minimum Gasteiger partial charge on any atom is -0.296 e.